The summed E-state index contributed by atoms with van der Waals surface area (Å²) in [5.74, 6) is 2.46. The second kappa shape index (κ2) is 5.78. The summed E-state index contributed by atoms with van der Waals surface area (Å²) in [6, 6.07) is 0. The van der Waals surface area contributed by atoms with E-state index < -0.39 is 5.60 Å². The zero-order valence-corrected chi connectivity index (χ0v) is 16.2. The molecule has 27 heavy (non-hydrogen) atoms. The predicted molar refractivity (Wildman–Crippen MR) is 105 cm³/mol. The average Bonchev–Trinajstić information content (AvgIpc) is 3.41. The molecule has 0 aromatic rings. The summed E-state index contributed by atoms with van der Waals surface area (Å²) < 4.78 is 0. The molecule has 0 bridgehead atoms. The van der Waals surface area contributed by atoms with Gasteiger partial charge in [-0.2, -0.15) is 0 Å². The van der Waals surface area contributed by atoms with Crippen LogP contribution in [0.25, 0.3) is 0 Å². The van der Waals surface area contributed by atoms with Crippen molar-refractivity contribution in [3.05, 3.63) is 47.6 Å². The summed E-state index contributed by atoms with van der Waals surface area (Å²) in [6.07, 6.45) is 13.2. The van der Waals surface area contributed by atoms with E-state index in [1.165, 1.54) is 11.1 Å². The van der Waals surface area contributed by atoms with Gasteiger partial charge in [-0.05, 0) is 78.9 Å². The molecule has 2 N–H and O–H groups in total. The lowest BCUT2D eigenvalue weighted by Gasteiger charge is -2.55. The van der Waals surface area contributed by atoms with E-state index in [1.807, 2.05) is 12.2 Å². The molecule has 0 aromatic heterocycles. The van der Waals surface area contributed by atoms with Crippen molar-refractivity contribution in [3.8, 4) is 0 Å². The first-order valence-corrected chi connectivity index (χ1v) is 10.5. The maximum Gasteiger partial charge on any atom is 0.156 e. The van der Waals surface area contributed by atoms with Gasteiger partial charge in [0.2, 0.25) is 0 Å². The number of hydrogen-bond acceptors (Lipinski definition) is 3. The Morgan fingerprint density at radius 1 is 1.33 bits per heavy atom. The fraction of sp³-hybridized carbons (Fsp3) is 0.625. The molecule has 0 heterocycles. The summed E-state index contributed by atoms with van der Waals surface area (Å²) >= 11 is 0. The van der Waals surface area contributed by atoms with Crippen molar-refractivity contribution < 1.29 is 15.0 Å². The normalized spacial score (nSPS) is 47.9. The first kappa shape index (κ1) is 17.6. The van der Waals surface area contributed by atoms with Gasteiger partial charge in [-0.25, -0.2) is 0 Å². The Kier molecular flexibility index (Phi) is 3.77. The van der Waals surface area contributed by atoms with Gasteiger partial charge in [0.25, 0.3) is 0 Å². The van der Waals surface area contributed by atoms with Crippen LogP contribution in [-0.2, 0) is 4.79 Å². The van der Waals surface area contributed by atoms with Crippen molar-refractivity contribution in [2.45, 2.75) is 51.0 Å². The third kappa shape index (κ3) is 2.19. The molecule has 5 aliphatic carbocycles. The van der Waals surface area contributed by atoms with Gasteiger partial charge < -0.3 is 10.2 Å². The number of carbonyl (C=O) groups excluding carboxylic acids is 1. The molecule has 3 heteroatoms. The summed E-state index contributed by atoms with van der Waals surface area (Å²) in [5, 5.41) is 21.1. The Morgan fingerprint density at radius 2 is 2.15 bits per heavy atom. The van der Waals surface area contributed by atoms with Crippen molar-refractivity contribution in [2.75, 3.05) is 6.61 Å². The van der Waals surface area contributed by atoms with E-state index in [-0.39, 0.29) is 23.7 Å². The standard InChI is InChI=1S/C24H30O3/c1-3-14-13-23(2)22(19-12-20(19)24(23,27)9-4-10-25)18-7-5-15-11-16(26)6-8-17(15)21(14)18/h3-4,9,11,14,18-20,22,25,27H,1,5-8,10,12-13H2,2H3/t14-,18+,19+,20-,22+,23-,24-/m0/s1. The Bertz CT molecular complexity index is 802. The molecule has 0 amide bonds. The van der Waals surface area contributed by atoms with Gasteiger partial charge in [-0.1, -0.05) is 30.7 Å². The van der Waals surface area contributed by atoms with Crippen LogP contribution in [0.1, 0.15) is 45.4 Å². The highest BCUT2D eigenvalue weighted by molar-refractivity contribution is 5.93. The zero-order valence-electron chi connectivity index (χ0n) is 16.2. The monoisotopic (exact) mass is 366 g/mol. The van der Waals surface area contributed by atoms with Gasteiger partial charge >= 0.3 is 0 Å². The van der Waals surface area contributed by atoms with Gasteiger partial charge in [-0.3, -0.25) is 4.79 Å². The van der Waals surface area contributed by atoms with Gasteiger partial charge in [0.05, 0.1) is 12.2 Å². The number of hydrogen-bond donors (Lipinski definition) is 2. The topological polar surface area (TPSA) is 57.5 Å². The first-order chi connectivity index (χ1) is 12.9. The highest BCUT2D eigenvalue weighted by Crippen LogP contribution is 2.76. The lowest BCUT2D eigenvalue weighted by Crippen LogP contribution is -2.53. The zero-order chi connectivity index (χ0) is 19.0. The predicted octanol–water partition coefficient (Wildman–Crippen LogP) is 3.74. The van der Waals surface area contributed by atoms with Gasteiger partial charge in [0.1, 0.15) is 0 Å². The molecule has 3 nitrogen and oxygen atoms in total. The summed E-state index contributed by atoms with van der Waals surface area (Å²) in [5.41, 5.74) is 3.26. The second-order valence-corrected chi connectivity index (χ2v) is 9.62. The highest BCUT2D eigenvalue weighted by Gasteiger charge is 2.75. The molecule has 144 valence electrons. The van der Waals surface area contributed by atoms with Crippen LogP contribution < -0.4 is 0 Å². The third-order valence-corrected chi connectivity index (χ3v) is 8.57. The van der Waals surface area contributed by atoms with Crippen LogP contribution in [0.15, 0.2) is 47.6 Å². The van der Waals surface area contributed by atoms with Crippen LogP contribution in [0.3, 0.4) is 0 Å². The van der Waals surface area contributed by atoms with Crippen LogP contribution in [0.5, 0.6) is 0 Å². The molecular formula is C24H30O3. The van der Waals surface area contributed by atoms with E-state index in [2.05, 4.69) is 19.6 Å². The van der Waals surface area contributed by atoms with Gasteiger partial charge in [0.15, 0.2) is 5.78 Å². The number of aliphatic hydroxyl groups excluding tert-OH is 1. The number of fused-ring (bicyclic) bond motifs is 6. The van der Waals surface area contributed by atoms with Crippen molar-refractivity contribution in [2.24, 2.45) is 35.0 Å². The molecule has 0 aromatic carbocycles. The smallest absolute Gasteiger partial charge is 0.156 e. The summed E-state index contributed by atoms with van der Waals surface area (Å²) in [7, 11) is 0. The Hall–Kier alpha value is -1.45. The van der Waals surface area contributed by atoms with Crippen LogP contribution in [0.2, 0.25) is 0 Å². The molecule has 7 atom stereocenters. The SMILES string of the molecule is C=C[C@H]1C[C@@]2(C)[C@@H]([C@@H]3C[C@@H]3[C@@]2(O)C=CCO)[C@@H]2CCC3=CC(=O)CCC3=C21. The van der Waals surface area contributed by atoms with Crippen molar-refractivity contribution in [1.82, 2.24) is 0 Å². The lowest BCUT2D eigenvalue weighted by molar-refractivity contribution is -0.114. The van der Waals surface area contributed by atoms with E-state index in [0.29, 0.717) is 30.1 Å². The number of carbonyl (C=O) groups is 1. The summed E-state index contributed by atoms with van der Waals surface area (Å²) in [6.45, 7) is 6.41. The maximum absolute atomic E-state index is 11.9. The fourth-order valence-corrected chi connectivity index (χ4v) is 7.52. The Morgan fingerprint density at radius 3 is 2.89 bits per heavy atom. The second-order valence-electron chi connectivity index (χ2n) is 9.62. The molecule has 3 fully saturated rings. The van der Waals surface area contributed by atoms with E-state index in [1.54, 1.807) is 11.6 Å². The molecule has 0 radical (unpaired) electrons. The van der Waals surface area contributed by atoms with Crippen LogP contribution in [0, 0.1) is 35.0 Å². The van der Waals surface area contributed by atoms with E-state index in [9.17, 15) is 15.0 Å². The van der Waals surface area contributed by atoms with E-state index in [4.69, 9.17) is 0 Å². The molecule has 0 aliphatic heterocycles. The number of ketones is 1. The van der Waals surface area contributed by atoms with Gasteiger partial charge in [0, 0.05) is 11.8 Å². The molecule has 5 rings (SSSR count). The lowest BCUT2D eigenvalue weighted by atomic mass is 9.50. The first-order valence-electron chi connectivity index (χ1n) is 10.5. The van der Waals surface area contributed by atoms with E-state index >= 15 is 0 Å². The van der Waals surface area contributed by atoms with Crippen molar-refractivity contribution in [3.63, 3.8) is 0 Å². The van der Waals surface area contributed by atoms with E-state index in [0.717, 1.165) is 32.1 Å². The largest absolute Gasteiger partial charge is 0.392 e. The van der Waals surface area contributed by atoms with Crippen molar-refractivity contribution >= 4 is 5.78 Å². The summed E-state index contributed by atoms with van der Waals surface area (Å²) in [4.78, 5) is 11.9. The van der Waals surface area contributed by atoms with Crippen LogP contribution >= 0.6 is 0 Å². The number of allylic oxidation sites excluding steroid dienone is 5. The average molecular weight is 367 g/mol. The fourth-order valence-electron chi connectivity index (χ4n) is 7.52. The minimum Gasteiger partial charge on any atom is -0.392 e. The van der Waals surface area contributed by atoms with Gasteiger partial charge in [-0.15, -0.1) is 6.58 Å². The van der Waals surface area contributed by atoms with Crippen molar-refractivity contribution in [1.29, 1.82) is 0 Å². The Balaban J connectivity index is 1.63. The molecule has 5 aliphatic rings. The molecular weight excluding hydrogens is 336 g/mol. The van der Waals surface area contributed by atoms with Crippen LogP contribution in [-0.4, -0.2) is 28.2 Å². The molecule has 0 unspecified atom stereocenters. The molecule has 0 spiro atoms. The van der Waals surface area contributed by atoms with Crippen LogP contribution in [0.4, 0.5) is 0 Å². The number of aliphatic hydroxyl groups is 2. The minimum absolute atomic E-state index is 0.0216. The minimum atomic E-state index is -0.818. The quantitative estimate of drug-likeness (QED) is 0.748. The molecule has 0 saturated heterocycles. The number of rotatable bonds is 3. The Labute approximate surface area is 161 Å². The third-order valence-electron chi connectivity index (χ3n) is 8.57. The maximum atomic E-state index is 11.9. The highest BCUT2D eigenvalue weighted by atomic mass is 16.3. The molecule has 3 saturated carbocycles.